The molecule has 0 aromatic rings. The number of carbonyl (C=O) groups excluding carboxylic acids is 4. The van der Waals surface area contributed by atoms with Gasteiger partial charge in [0.25, 0.3) is 0 Å². The second-order valence-corrected chi connectivity index (χ2v) is 30.7. The Labute approximate surface area is 575 Å². The number of carbonyl (C=O) groups is 4. The van der Waals surface area contributed by atoms with E-state index in [1.165, 1.54) is 199 Å². The van der Waals surface area contributed by atoms with Crippen LogP contribution in [0.5, 0.6) is 0 Å². The molecule has 3 unspecified atom stereocenters. The summed E-state index contributed by atoms with van der Waals surface area (Å²) in [6.07, 6.45) is 54.8. The number of aliphatic hydroxyl groups excluding tert-OH is 1. The number of phosphoric acid groups is 2. The van der Waals surface area contributed by atoms with Gasteiger partial charge in [0.2, 0.25) is 0 Å². The molecule has 0 radical (unpaired) electrons. The number of hydrogen-bond donors (Lipinski definition) is 3. The van der Waals surface area contributed by atoms with Crippen LogP contribution in [0, 0.1) is 11.8 Å². The van der Waals surface area contributed by atoms with Crippen molar-refractivity contribution in [1.29, 1.82) is 0 Å². The van der Waals surface area contributed by atoms with Crippen LogP contribution >= 0.6 is 15.6 Å². The van der Waals surface area contributed by atoms with E-state index in [1.54, 1.807) is 0 Å². The van der Waals surface area contributed by atoms with Gasteiger partial charge in [-0.15, -0.1) is 0 Å². The molecule has 0 amide bonds. The van der Waals surface area contributed by atoms with E-state index in [1.807, 2.05) is 0 Å². The molecule has 558 valence electrons. The summed E-state index contributed by atoms with van der Waals surface area (Å²) in [4.78, 5) is 72.4. The molecule has 0 aliphatic rings. The third kappa shape index (κ3) is 67.3. The summed E-state index contributed by atoms with van der Waals surface area (Å²) in [6.45, 7) is 9.49. The molecule has 0 spiro atoms. The van der Waals surface area contributed by atoms with Crippen LogP contribution in [0.15, 0.2) is 0 Å². The van der Waals surface area contributed by atoms with Crippen LogP contribution in [0.3, 0.4) is 0 Å². The van der Waals surface area contributed by atoms with Gasteiger partial charge in [0.15, 0.2) is 12.2 Å². The lowest BCUT2D eigenvalue weighted by Crippen LogP contribution is -2.30. The van der Waals surface area contributed by atoms with Gasteiger partial charge < -0.3 is 33.8 Å². The minimum atomic E-state index is -4.95. The highest BCUT2D eigenvalue weighted by molar-refractivity contribution is 7.47. The van der Waals surface area contributed by atoms with Crippen molar-refractivity contribution in [2.45, 2.75) is 407 Å². The number of ether oxygens (including phenoxy) is 4. The van der Waals surface area contributed by atoms with E-state index >= 15 is 0 Å². The minimum absolute atomic E-state index is 0.103. The molecule has 0 saturated carbocycles. The number of esters is 4. The van der Waals surface area contributed by atoms with Crippen molar-refractivity contribution in [2.75, 3.05) is 39.6 Å². The summed E-state index contributed by atoms with van der Waals surface area (Å²) in [6, 6.07) is 0. The van der Waals surface area contributed by atoms with E-state index in [4.69, 9.17) is 37.0 Å². The molecule has 19 heteroatoms. The predicted molar refractivity (Wildman–Crippen MR) is 381 cm³/mol. The van der Waals surface area contributed by atoms with E-state index in [0.717, 1.165) is 102 Å². The monoisotopic (exact) mass is 1380 g/mol. The fourth-order valence-electron chi connectivity index (χ4n) is 11.4. The van der Waals surface area contributed by atoms with Crippen molar-refractivity contribution < 1.29 is 80.2 Å². The summed E-state index contributed by atoms with van der Waals surface area (Å²) in [5, 5.41) is 10.6. The summed E-state index contributed by atoms with van der Waals surface area (Å²) in [5.74, 6) is -0.564. The normalized spacial score (nSPS) is 14.3. The van der Waals surface area contributed by atoms with Crippen molar-refractivity contribution in [3.05, 3.63) is 0 Å². The van der Waals surface area contributed by atoms with E-state index in [2.05, 4.69) is 41.5 Å². The zero-order chi connectivity index (χ0) is 69.3. The first-order chi connectivity index (χ1) is 45.4. The SMILES string of the molecule is CCCCCCCCCCCCCCCCCCCC(=O)OC[C@H](COP(=O)(O)OC[C@@H](O)COP(=O)(O)OC[C@@H](COC(=O)CCCCCCC)OC(=O)CCCCCCCCCC(C)C)OC(=O)CCCCCCCCCCCCCCCCCCCCC(C)CC. The van der Waals surface area contributed by atoms with Gasteiger partial charge >= 0.3 is 39.5 Å². The maximum Gasteiger partial charge on any atom is 0.472 e. The minimum Gasteiger partial charge on any atom is -0.462 e. The average Bonchev–Trinajstić information content (AvgIpc) is 1.48. The quantitative estimate of drug-likeness (QED) is 0.0222. The van der Waals surface area contributed by atoms with Crippen molar-refractivity contribution >= 4 is 39.5 Å². The Kier molecular flexibility index (Phi) is 65.5. The number of rotatable bonds is 74. The number of aliphatic hydroxyl groups is 1. The molecule has 0 aromatic heterocycles. The molecule has 0 rings (SSSR count). The Hall–Kier alpha value is -1.94. The highest BCUT2D eigenvalue weighted by Crippen LogP contribution is 2.45. The van der Waals surface area contributed by atoms with Gasteiger partial charge in [0.1, 0.15) is 19.3 Å². The Morgan fingerprint density at radius 3 is 0.809 bits per heavy atom. The van der Waals surface area contributed by atoms with E-state index < -0.39 is 97.5 Å². The molecule has 6 atom stereocenters. The summed E-state index contributed by atoms with van der Waals surface area (Å²) in [5.41, 5.74) is 0. The van der Waals surface area contributed by atoms with Crippen molar-refractivity contribution in [1.82, 2.24) is 0 Å². The van der Waals surface area contributed by atoms with Crippen LogP contribution in [0.2, 0.25) is 0 Å². The van der Waals surface area contributed by atoms with Gasteiger partial charge in [-0.2, -0.15) is 0 Å². The second-order valence-electron chi connectivity index (χ2n) is 27.8. The van der Waals surface area contributed by atoms with Gasteiger partial charge in [-0.1, -0.05) is 337 Å². The van der Waals surface area contributed by atoms with Crippen LogP contribution in [0.4, 0.5) is 0 Å². The topological polar surface area (TPSA) is 237 Å². The predicted octanol–water partition coefficient (Wildman–Crippen LogP) is 21.9. The van der Waals surface area contributed by atoms with Crippen LogP contribution < -0.4 is 0 Å². The maximum absolute atomic E-state index is 13.1. The molecule has 0 aliphatic heterocycles. The third-order valence-corrected chi connectivity index (χ3v) is 19.7. The third-order valence-electron chi connectivity index (χ3n) is 17.8. The standard InChI is InChI=1S/C75H146O17P2/c1-7-10-12-14-15-16-17-18-19-22-26-29-32-35-40-46-52-58-73(78)86-64-71(92-74(79)59-53-47-41-36-33-30-27-24-21-20-23-25-28-31-34-39-45-50-56-68(6)9-3)66-90-94(83,84)88-62-69(76)61-87-93(81,82)89-65-70(63-85-72(77)57-51-43-13-11-8-2)91-75(80)60-54-48-42-37-38-44-49-55-67(4)5/h67-71,76H,7-66H2,1-6H3,(H,81,82)(H,83,84)/t68?,69-,70+,71+/m0/s1. The van der Waals surface area contributed by atoms with Crippen molar-refractivity contribution in [2.24, 2.45) is 11.8 Å². The van der Waals surface area contributed by atoms with Gasteiger partial charge in [-0.25, -0.2) is 9.13 Å². The highest BCUT2D eigenvalue weighted by Gasteiger charge is 2.30. The Balaban J connectivity index is 5.11. The lowest BCUT2D eigenvalue weighted by Gasteiger charge is -2.21. The zero-order valence-corrected chi connectivity index (χ0v) is 63.1. The highest BCUT2D eigenvalue weighted by atomic mass is 31.2. The number of phosphoric ester groups is 2. The molecule has 0 aromatic carbocycles. The largest absolute Gasteiger partial charge is 0.472 e. The molecule has 0 bridgehead atoms. The van der Waals surface area contributed by atoms with E-state index in [9.17, 15) is 43.2 Å². The van der Waals surface area contributed by atoms with Gasteiger partial charge in [-0.05, 0) is 37.5 Å². The molecule has 94 heavy (non-hydrogen) atoms. The first-order valence-electron chi connectivity index (χ1n) is 39.0. The fourth-order valence-corrected chi connectivity index (χ4v) is 13.0. The summed E-state index contributed by atoms with van der Waals surface area (Å²) in [7, 11) is -9.90. The molecule has 0 heterocycles. The first-order valence-corrected chi connectivity index (χ1v) is 42.0. The zero-order valence-electron chi connectivity index (χ0n) is 61.3. The fraction of sp³-hybridized carbons (Fsp3) is 0.947. The van der Waals surface area contributed by atoms with E-state index in [-0.39, 0.29) is 25.7 Å². The summed E-state index contributed by atoms with van der Waals surface area (Å²) >= 11 is 0. The molecular weight excluding hydrogens is 1230 g/mol. The molecular formula is C75H146O17P2. The molecule has 0 saturated heterocycles. The van der Waals surface area contributed by atoms with Crippen LogP contribution in [0.1, 0.15) is 388 Å². The van der Waals surface area contributed by atoms with Gasteiger partial charge in [-0.3, -0.25) is 37.3 Å². The average molecular weight is 1380 g/mol. The van der Waals surface area contributed by atoms with Gasteiger partial charge in [0, 0.05) is 25.7 Å². The smallest absolute Gasteiger partial charge is 0.462 e. The summed E-state index contributed by atoms with van der Waals surface area (Å²) < 4.78 is 68.2. The van der Waals surface area contributed by atoms with Crippen LogP contribution in [-0.2, 0) is 65.4 Å². The number of hydrogen-bond acceptors (Lipinski definition) is 15. The Bertz CT molecular complexity index is 1820. The molecule has 0 fully saturated rings. The molecule has 17 nitrogen and oxygen atoms in total. The van der Waals surface area contributed by atoms with Gasteiger partial charge in [0.05, 0.1) is 26.4 Å². The van der Waals surface area contributed by atoms with Crippen molar-refractivity contribution in [3.63, 3.8) is 0 Å². The Morgan fingerprint density at radius 2 is 0.543 bits per heavy atom. The molecule has 3 N–H and O–H groups in total. The lowest BCUT2D eigenvalue weighted by molar-refractivity contribution is -0.161. The molecule has 0 aliphatic carbocycles. The first kappa shape index (κ1) is 92.1. The maximum atomic E-state index is 13.1. The van der Waals surface area contributed by atoms with Crippen LogP contribution in [0.25, 0.3) is 0 Å². The van der Waals surface area contributed by atoms with E-state index in [0.29, 0.717) is 31.6 Å². The van der Waals surface area contributed by atoms with Crippen LogP contribution in [-0.4, -0.2) is 96.7 Å². The lowest BCUT2D eigenvalue weighted by atomic mass is 9.99. The number of unbranched alkanes of at least 4 members (excludes halogenated alkanes) is 43. The van der Waals surface area contributed by atoms with Crippen molar-refractivity contribution in [3.8, 4) is 0 Å². The Morgan fingerprint density at radius 1 is 0.309 bits per heavy atom. The second kappa shape index (κ2) is 66.9.